The number of aryl methyl sites for hydroxylation is 1. The molecule has 0 radical (unpaired) electrons. The van der Waals surface area contributed by atoms with Crippen LogP contribution in [0, 0.1) is 6.92 Å². The van der Waals surface area contributed by atoms with Crippen LogP contribution in [-0.2, 0) is 14.3 Å². The number of anilines is 1. The molecule has 3 rings (SSSR count). The first-order valence-corrected chi connectivity index (χ1v) is 8.65. The molecule has 7 nitrogen and oxygen atoms in total. The van der Waals surface area contributed by atoms with Gasteiger partial charge in [0, 0.05) is 25.4 Å². The molecule has 0 aromatic heterocycles. The molecule has 2 N–H and O–H groups in total. The van der Waals surface area contributed by atoms with E-state index in [0.29, 0.717) is 30.4 Å². The summed E-state index contributed by atoms with van der Waals surface area (Å²) in [5.74, 6) is -0.338. The summed E-state index contributed by atoms with van der Waals surface area (Å²) in [5.41, 5.74) is 2.48. The highest BCUT2D eigenvalue weighted by Crippen LogP contribution is 2.32. The molecule has 27 heavy (non-hydrogen) atoms. The molecule has 1 aliphatic heterocycles. The standard InChI is InChI=1S/C20H22N2O5/c1-13-5-3-4-6-15(13)18(25-2)12-21-19(23)20(24)22-14-7-8-16-17(11-14)27-10-9-26-16/h3-8,11,18H,9-10,12H2,1-2H3,(H,21,23)(H,22,24). The van der Waals surface area contributed by atoms with Gasteiger partial charge in [0.2, 0.25) is 0 Å². The number of nitrogens with one attached hydrogen (secondary N) is 2. The lowest BCUT2D eigenvalue weighted by molar-refractivity contribution is -0.136. The Bertz CT molecular complexity index is 837. The Hall–Kier alpha value is -3.06. The molecule has 7 heteroatoms. The number of carbonyl (C=O) groups excluding carboxylic acids is 2. The second kappa shape index (κ2) is 8.55. The molecule has 0 spiro atoms. The number of benzene rings is 2. The van der Waals surface area contributed by atoms with Gasteiger partial charge in [-0.05, 0) is 30.2 Å². The molecule has 1 aliphatic rings. The van der Waals surface area contributed by atoms with Crippen LogP contribution in [0.1, 0.15) is 17.2 Å². The predicted octanol–water partition coefficient (Wildman–Crippen LogP) is 2.21. The zero-order chi connectivity index (χ0) is 19.2. The van der Waals surface area contributed by atoms with Gasteiger partial charge < -0.3 is 24.8 Å². The smallest absolute Gasteiger partial charge is 0.313 e. The molecule has 2 aromatic rings. The summed E-state index contributed by atoms with van der Waals surface area (Å²) in [4.78, 5) is 24.3. The largest absolute Gasteiger partial charge is 0.486 e. The van der Waals surface area contributed by atoms with Gasteiger partial charge in [0.1, 0.15) is 13.2 Å². The zero-order valence-corrected chi connectivity index (χ0v) is 15.3. The SMILES string of the molecule is COC(CNC(=O)C(=O)Nc1ccc2c(c1)OCCO2)c1ccccc1C. The van der Waals surface area contributed by atoms with Crippen molar-refractivity contribution in [1.29, 1.82) is 0 Å². The Labute approximate surface area is 157 Å². The van der Waals surface area contributed by atoms with Crippen LogP contribution in [-0.4, -0.2) is 38.7 Å². The highest BCUT2D eigenvalue weighted by Gasteiger charge is 2.19. The fourth-order valence-corrected chi connectivity index (χ4v) is 2.84. The minimum Gasteiger partial charge on any atom is -0.486 e. The highest BCUT2D eigenvalue weighted by atomic mass is 16.6. The number of rotatable bonds is 5. The molecule has 1 heterocycles. The summed E-state index contributed by atoms with van der Waals surface area (Å²) in [6.45, 7) is 3.09. The average molecular weight is 370 g/mol. The lowest BCUT2D eigenvalue weighted by Gasteiger charge is -2.19. The van der Waals surface area contributed by atoms with Crippen molar-refractivity contribution >= 4 is 17.5 Å². The molecular formula is C20H22N2O5. The van der Waals surface area contributed by atoms with Crippen LogP contribution in [0.2, 0.25) is 0 Å². The molecular weight excluding hydrogens is 348 g/mol. The summed E-state index contributed by atoms with van der Waals surface area (Å²) in [5, 5.41) is 5.17. The van der Waals surface area contributed by atoms with E-state index in [0.717, 1.165) is 11.1 Å². The van der Waals surface area contributed by atoms with E-state index in [1.165, 1.54) is 0 Å². The number of carbonyl (C=O) groups is 2. The Kier molecular flexibility index (Phi) is 5.93. The highest BCUT2D eigenvalue weighted by molar-refractivity contribution is 6.39. The van der Waals surface area contributed by atoms with E-state index in [2.05, 4.69) is 10.6 Å². The van der Waals surface area contributed by atoms with E-state index in [1.54, 1.807) is 25.3 Å². The van der Waals surface area contributed by atoms with Crippen molar-refractivity contribution in [3.8, 4) is 11.5 Å². The van der Waals surface area contributed by atoms with E-state index in [4.69, 9.17) is 14.2 Å². The van der Waals surface area contributed by atoms with Gasteiger partial charge in [-0.15, -0.1) is 0 Å². The van der Waals surface area contributed by atoms with Gasteiger partial charge in [0.05, 0.1) is 6.10 Å². The van der Waals surface area contributed by atoms with Gasteiger partial charge >= 0.3 is 11.8 Å². The molecule has 0 saturated heterocycles. The summed E-state index contributed by atoms with van der Waals surface area (Å²) in [6.07, 6.45) is -0.336. The van der Waals surface area contributed by atoms with E-state index in [-0.39, 0.29) is 12.6 Å². The maximum Gasteiger partial charge on any atom is 0.313 e. The Morgan fingerprint density at radius 1 is 1.07 bits per heavy atom. The number of fused-ring (bicyclic) bond motifs is 1. The maximum atomic E-state index is 12.1. The summed E-state index contributed by atoms with van der Waals surface area (Å²) in [6, 6.07) is 12.7. The molecule has 0 aliphatic carbocycles. The van der Waals surface area contributed by atoms with Crippen LogP contribution in [0.5, 0.6) is 11.5 Å². The van der Waals surface area contributed by atoms with E-state index < -0.39 is 11.8 Å². The van der Waals surface area contributed by atoms with Crippen LogP contribution >= 0.6 is 0 Å². The molecule has 0 bridgehead atoms. The second-order valence-corrected chi connectivity index (χ2v) is 6.10. The van der Waals surface area contributed by atoms with Crippen molar-refractivity contribution in [3.05, 3.63) is 53.6 Å². The molecule has 2 aromatic carbocycles. The van der Waals surface area contributed by atoms with Gasteiger partial charge in [-0.2, -0.15) is 0 Å². The third-order valence-electron chi connectivity index (χ3n) is 4.27. The predicted molar refractivity (Wildman–Crippen MR) is 100 cm³/mol. The van der Waals surface area contributed by atoms with Crippen molar-refractivity contribution in [1.82, 2.24) is 5.32 Å². The fourth-order valence-electron chi connectivity index (χ4n) is 2.84. The van der Waals surface area contributed by atoms with E-state index in [1.807, 2.05) is 31.2 Å². The van der Waals surface area contributed by atoms with Crippen molar-refractivity contribution < 1.29 is 23.8 Å². The van der Waals surface area contributed by atoms with Gasteiger partial charge in [-0.1, -0.05) is 24.3 Å². The van der Waals surface area contributed by atoms with Gasteiger partial charge in [0.25, 0.3) is 0 Å². The quantitative estimate of drug-likeness (QED) is 0.788. The van der Waals surface area contributed by atoms with Crippen molar-refractivity contribution in [2.75, 3.05) is 32.2 Å². The zero-order valence-electron chi connectivity index (χ0n) is 15.3. The van der Waals surface area contributed by atoms with Gasteiger partial charge in [-0.25, -0.2) is 0 Å². The first-order chi connectivity index (χ1) is 13.1. The Morgan fingerprint density at radius 3 is 2.56 bits per heavy atom. The van der Waals surface area contributed by atoms with E-state index >= 15 is 0 Å². The molecule has 1 unspecified atom stereocenters. The normalized spacial score (nSPS) is 13.6. The topological polar surface area (TPSA) is 85.9 Å². The monoisotopic (exact) mass is 370 g/mol. The molecule has 2 amide bonds. The molecule has 0 fully saturated rings. The van der Waals surface area contributed by atoms with Crippen molar-refractivity contribution in [3.63, 3.8) is 0 Å². The van der Waals surface area contributed by atoms with Crippen LogP contribution < -0.4 is 20.1 Å². The third-order valence-corrected chi connectivity index (χ3v) is 4.27. The van der Waals surface area contributed by atoms with Crippen LogP contribution in [0.15, 0.2) is 42.5 Å². The van der Waals surface area contributed by atoms with Crippen LogP contribution in [0.4, 0.5) is 5.69 Å². The Balaban J connectivity index is 1.57. The summed E-state index contributed by atoms with van der Waals surface area (Å²) < 4.78 is 16.3. The number of hydrogen-bond donors (Lipinski definition) is 2. The number of ether oxygens (including phenoxy) is 3. The lowest BCUT2D eigenvalue weighted by Crippen LogP contribution is -2.38. The van der Waals surface area contributed by atoms with Crippen molar-refractivity contribution in [2.24, 2.45) is 0 Å². The molecule has 142 valence electrons. The summed E-state index contributed by atoms with van der Waals surface area (Å²) in [7, 11) is 1.57. The summed E-state index contributed by atoms with van der Waals surface area (Å²) >= 11 is 0. The van der Waals surface area contributed by atoms with E-state index in [9.17, 15) is 9.59 Å². The fraction of sp³-hybridized carbons (Fsp3) is 0.300. The van der Waals surface area contributed by atoms with Gasteiger partial charge in [-0.3, -0.25) is 9.59 Å². The minimum atomic E-state index is -0.758. The maximum absolute atomic E-state index is 12.1. The average Bonchev–Trinajstić information content (AvgIpc) is 2.69. The minimum absolute atomic E-state index is 0.189. The number of hydrogen-bond acceptors (Lipinski definition) is 5. The number of methoxy groups -OCH3 is 1. The molecule has 1 atom stereocenters. The van der Waals surface area contributed by atoms with Crippen LogP contribution in [0.25, 0.3) is 0 Å². The van der Waals surface area contributed by atoms with Crippen LogP contribution in [0.3, 0.4) is 0 Å². The van der Waals surface area contributed by atoms with Crippen molar-refractivity contribution in [2.45, 2.75) is 13.0 Å². The molecule has 0 saturated carbocycles. The first-order valence-electron chi connectivity index (χ1n) is 8.65. The first kappa shape index (κ1) is 18.7. The third kappa shape index (κ3) is 4.57. The lowest BCUT2D eigenvalue weighted by atomic mass is 10.0. The second-order valence-electron chi connectivity index (χ2n) is 6.10. The van der Waals surface area contributed by atoms with Gasteiger partial charge in [0.15, 0.2) is 11.5 Å². The Morgan fingerprint density at radius 2 is 1.81 bits per heavy atom. The number of amides is 2.